The van der Waals surface area contributed by atoms with Crippen LogP contribution in [0.15, 0.2) is 54.6 Å². The molecule has 2 atom stereocenters. The van der Waals surface area contributed by atoms with E-state index in [1.807, 2.05) is 6.07 Å². The SMILES string of the molecule is O=C(O)C1C(=O)c2ccccc2OC1c1ccccc1. The Labute approximate surface area is 115 Å². The highest BCUT2D eigenvalue weighted by atomic mass is 16.5. The van der Waals surface area contributed by atoms with Gasteiger partial charge in [0.05, 0.1) is 5.56 Å². The molecule has 0 saturated heterocycles. The fraction of sp³-hybridized carbons (Fsp3) is 0.125. The van der Waals surface area contributed by atoms with Crippen molar-refractivity contribution in [3.8, 4) is 5.75 Å². The van der Waals surface area contributed by atoms with Gasteiger partial charge >= 0.3 is 5.97 Å². The second-order valence-electron chi connectivity index (χ2n) is 4.63. The molecule has 0 saturated carbocycles. The second kappa shape index (κ2) is 4.81. The Morgan fingerprint density at radius 2 is 1.65 bits per heavy atom. The lowest BCUT2D eigenvalue weighted by atomic mass is 9.86. The zero-order chi connectivity index (χ0) is 14.1. The summed E-state index contributed by atoms with van der Waals surface area (Å²) in [6.45, 7) is 0. The highest BCUT2D eigenvalue weighted by Gasteiger charge is 2.42. The van der Waals surface area contributed by atoms with Crippen molar-refractivity contribution in [2.75, 3.05) is 0 Å². The molecule has 0 radical (unpaired) electrons. The normalized spacial score (nSPS) is 20.9. The fourth-order valence-electron chi connectivity index (χ4n) is 2.43. The molecular formula is C16H12O4. The van der Waals surface area contributed by atoms with E-state index in [2.05, 4.69) is 0 Å². The van der Waals surface area contributed by atoms with E-state index in [0.29, 0.717) is 16.9 Å². The average Bonchev–Trinajstić information content (AvgIpc) is 2.47. The maximum absolute atomic E-state index is 12.4. The fourth-order valence-corrected chi connectivity index (χ4v) is 2.43. The van der Waals surface area contributed by atoms with Gasteiger partial charge in [0.15, 0.2) is 11.7 Å². The number of para-hydroxylation sites is 1. The molecule has 2 aromatic carbocycles. The minimum Gasteiger partial charge on any atom is -0.484 e. The summed E-state index contributed by atoms with van der Waals surface area (Å²) in [5, 5.41) is 9.37. The van der Waals surface area contributed by atoms with Gasteiger partial charge < -0.3 is 9.84 Å². The van der Waals surface area contributed by atoms with Gasteiger partial charge in [0.25, 0.3) is 0 Å². The molecule has 2 aromatic rings. The first kappa shape index (κ1) is 12.4. The Hall–Kier alpha value is -2.62. The zero-order valence-electron chi connectivity index (χ0n) is 10.5. The Bertz CT molecular complexity index is 663. The lowest BCUT2D eigenvalue weighted by Crippen LogP contribution is -2.37. The van der Waals surface area contributed by atoms with E-state index in [4.69, 9.17) is 4.74 Å². The van der Waals surface area contributed by atoms with E-state index >= 15 is 0 Å². The molecular weight excluding hydrogens is 256 g/mol. The molecule has 100 valence electrons. The number of hydrogen-bond donors (Lipinski definition) is 1. The molecule has 20 heavy (non-hydrogen) atoms. The van der Waals surface area contributed by atoms with Crippen LogP contribution in [0.2, 0.25) is 0 Å². The number of carboxylic acid groups (broad SMARTS) is 1. The summed E-state index contributed by atoms with van der Waals surface area (Å²) in [5.74, 6) is -2.36. The number of rotatable bonds is 2. The Balaban J connectivity index is 2.11. The molecule has 0 bridgehead atoms. The molecule has 3 rings (SSSR count). The van der Waals surface area contributed by atoms with Crippen molar-refractivity contribution >= 4 is 11.8 Å². The van der Waals surface area contributed by atoms with Crippen molar-refractivity contribution in [1.29, 1.82) is 0 Å². The van der Waals surface area contributed by atoms with E-state index in [-0.39, 0.29) is 0 Å². The first-order valence-electron chi connectivity index (χ1n) is 6.26. The number of carbonyl (C=O) groups is 2. The quantitative estimate of drug-likeness (QED) is 0.850. The number of aliphatic carboxylic acids is 1. The van der Waals surface area contributed by atoms with Gasteiger partial charge in [0.1, 0.15) is 11.9 Å². The molecule has 2 unspecified atom stereocenters. The number of fused-ring (bicyclic) bond motifs is 1. The highest BCUT2D eigenvalue weighted by Crippen LogP contribution is 2.38. The standard InChI is InChI=1S/C16H12O4/c17-14-11-8-4-5-9-12(11)20-15(13(14)16(18)19)10-6-2-1-3-7-10/h1-9,13,15H,(H,18,19). The van der Waals surface area contributed by atoms with E-state index in [1.54, 1.807) is 48.5 Å². The summed E-state index contributed by atoms with van der Waals surface area (Å²) < 4.78 is 5.76. The summed E-state index contributed by atoms with van der Waals surface area (Å²) in [6.07, 6.45) is -0.795. The van der Waals surface area contributed by atoms with Crippen molar-refractivity contribution in [2.24, 2.45) is 5.92 Å². The van der Waals surface area contributed by atoms with Crippen LogP contribution < -0.4 is 4.74 Å². The predicted octanol–water partition coefficient (Wildman–Crippen LogP) is 2.70. The van der Waals surface area contributed by atoms with Gasteiger partial charge in [-0.05, 0) is 17.7 Å². The molecule has 0 aliphatic carbocycles. The van der Waals surface area contributed by atoms with Crippen LogP contribution in [0.5, 0.6) is 5.75 Å². The van der Waals surface area contributed by atoms with Gasteiger partial charge in [-0.15, -0.1) is 0 Å². The van der Waals surface area contributed by atoms with E-state index < -0.39 is 23.8 Å². The third-order valence-electron chi connectivity index (χ3n) is 3.39. The van der Waals surface area contributed by atoms with Gasteiger partial charge in [-0.25, -0.2) is 0 Å². The van der Waals surface area contributed by atoms with Gasteiger partial charge in [-0.3, -0.25) is 9.59 Å². The topological polar surface area (TPSA) is 63.6 Å². The van der Waals surface area contributed by atoms with Crippen molar-refractivity contribution in [3.63, 3.8) is 0 Å². The predicted molar refractivity (Wildman–Crippen MR) is 71.7 cm³/mol. The number of ketones is 1. The van der Waals surface area contributed by atoms with Gasteiger partial charge in [0, 0.05) is 0 Å². The highest BCUT2D eigenvalue weighted by molar-refractivity contribution is 6.11. The zero-order valence-corrected chi connectivity index (χ0v) is 10.5. The van der Waals surface area contributed by atoms with E-state index in [0.717, 1.165) is 0 Å². The monoisotopic (exact) mass is 268 g/mol. The van der Waals surface area contributed by atoms with Crippen LogP contribution >= 0.6 is 0 Å². The molecule has 0 amide bonds. The maximum Gasteiger partial charge on any atom is 0.318 e. The number of Topliss-reactive ketones (excluding diaryl/α,β-unsaturated/α-hetero) is 1. The summed E-state index contributed by atoms with van der Waals surface area (Å²) in [6, 6.07) is 15.7. The van der Waals surface area contributed by atoms with Crippen molar-refractivity contribution < 1.29 is 19.4 Å². The third kappa shape index (κ3) is 1.95. The minimum atomic E-state index is -1.22. The maximum atomic E-state index is 12.4. The van der Waals surface area contributed by atoms with Gasteiger partial charge in [-0.1, -0.05) is 42.5 Å². The molecule has 0 spiro atoms. The summed E-state index contributed by atoms with van der Waals surface area (Å²) in [5.41, 5.74) is 1.01. The van der Waals surface area contributed by atoms with E-state index in [9.17, 15) is 14.7 Å². The largest absolute Gasteiger partial charge is 0.484 e. The van der Waals surface area contributed by atoms with Crippen LogP contribution in [0.25, 0.3) is 0 Å². The molecule has 1 aliphatic rings. The number of carboxylic acids is 1. The Morgan fingerprint density at radius 1 is 1.00 bits per heavy atom. The van der Waals surface area contributed by atoms with Crippen LogP contribution in [0.1, 0.15) is 22.0 Å². The molecule has 4 nitrogen and oxygen atoms in total. The number of hydrogen-bond acceptors (Lipinski definition) is 3. The van der Waals surface area contributed by atoms with Crippen LogP contribution in [0, 0.1) is 5.92 Å². The van der Waals surface area contributed by atoms with Gasteiger partial charge in [-0.2, -0.15) is 0 Å². The first-order valence-corrected chi connectivity index (χ1v) is 6.26. The number of ether oxygens (including phenoxy) is 1. The Kier molecular flexibility index (Phi) is 2.99. The lowest BCUT2D eigenvalue weighted by molar-refractivity contribution is -0.143. The van der Waals surface area contributed by atoms with Crippen molar-refractivity contribution in [2.45, 2.75) is 6.10 Å². The van der Waals surface area contributed by atoms with E-state index in [1.165, 1.54) is 0 Å². The second-order valence-corrected chi connectivity index (χ2v) is 4.63. The molecule has 4 heteroatoms. The van der Waals surface area contributed by atoms with Crippen LogP contribution in [0.4, 0.5) is 0 Å². The van der Waals surface area contributed by atoms with Crippen LogP contribution in [-0.4, -0.2) is 16.9 Å². The Morgan fingerprint density at radius 3 is 2.35 bits per heavy atom. The first-order chi connectivity index (χ1) is 9.68. The molecule has 1 N–H and O–H groups in total. The minimum absolute atomic E-state index is 0.326. The average molecular weight is 268 g/mol. The third-order valence-corrected chi connectivity index (χ3v) is 3.39. The van der Waals surface area contributed by atoms with Crippen LogP contribution in [-0.2, 0) is 4.79 Å². The smallest absolute Gasteiger partial charge is 0.318 e. The molecule has 0 aromatic heterocycles. The molecule has 1 heterocycles. The lowest BCUT2D eigenvalue weighted by Gasteiger charge is -2.30. The van der Waals surface area contributed by atoms with Crippen molar-refractivity contribution in [1.82, 2.24) is 0 Å². The summed E-state index contributed by atoms with van der Waals surface area (Å²) >= 11 is 0. The summed E-state index contributed by atoms with van der Waals surface area (Å²) in [4.78, 5) is 23.8. The molecule has 0 fully saturated rings. The molecule has 1 aliphatic heterocycles. The van der Waals surface area contributed by atoms with Crippen LogP contribution in [0.3, 0.4) is 0 Å². The number of carbonyl (C=O) groups excluding carboxylic acids is 1. The summed E-state index contributed by atoms with van der Waals surface area (Å²) in [7, 11) is 0. The number of benzene rings is 2. The van der Waals surface area contributed by atoms with Crippen molar-refractivity contribution in [3.05, 3.63) is 65.7 Å². The van der Waals surface area contributed by atoms with Gasteiger partial charge in [0.2, 0.25) is 0 Å².